The average molecular weight is 299 g/mol. The molecule has 0 aromatic heterocycles. The van der Waals surface area contributed by atoms with Crippen molar-refractivity contribution in [3.63, 3.8) is 0 Å². The molecule has 0 saturated carbocycles. The van der Waals surface area contributed by atoms with Gasteiger partial charge < -0.3 is 15.8 Å². The predicted octanol–water partition coefficient (Wildman–Crippen LogP) is -0.166. The Morgan fingerprint density at radius 2 is 2.20 bits per heavy atom. The third-order valence-corrected chi connectivity index (χ3v) is 4.61. The Labute approximate surface area is 117 Å². The van der Waals surface area contributed by atoms with Crippen LogP contribution < -0.4 is 20.5 Å². The van der Waals surface area contributed by atoms with E-state index >= 15 is 0 Å². The number of hydrogen-bond acceptors (Lipinski definition) is 5. The van der Waals surface area contributed by atoms with Gasteiger partial charge in [0.2, 0.25) is 15.9 Å². The van der Waals surface area contributed by atoms with E-state index in [2.05, 4.69) is 10.0 Å². The maximum atomic E-state index is 12.4. The number of nitrogen functional groups attached to an aromatic ring is 1. The number of nitrogens with one attached hydrogen (secondary N) is 2. The number of benzene rings is 1. The summed E-state index contributed by atoms with van der Waals surface area (Å²) in [4.78, 5) is 11.1. The summed E-state index contributed by atoms with van der Waals surface area (Å²) in [6.45, 7) is 0.280. The molecule has 0 radical (unpaired) electrons. The summed E-state index contributed by atoms with van der Waals surface area (Å²) in [6, 6.07) is 4.09. The van der Waals surface area contributed by atoms with Crippen molar-refractivity contribution in [2.45, 2.75) is 23.8 Å². The zero-order valence-electron chi connectivity index (χ0n) is 11.0. The quantitative estimate of drug-likeness (QED) is 0.669. The fourth-order valence-electron chi connectivity index (χ4n) is 2.02. The third-order valence-electron chi connectivity index (χ3n) is 3.06. The number of anilines is 1. The molecule has 8 heteroatoms. The van der Waals surface area contributed by atoms with E-state index in [-0.39, 0.29) is 29.1 Å². The van der Waals surface area contributed by atoms with Crippen LogP contribution in [0.1, 0.15) is 12.8 Å². The smallest absolute Gasteiger partial charge is 0.244 e. The van der Waals surface area contributed by atoms with Crippen LogP contribution in [0.15, 0.2) is 23.1 Å². The summed E-state index contributed by atoms with van der Waals surface area (Å²) in [5, 5.41) is 2.62. The molecule has 1 aromatic rings. The molecule has 1 fully saturated rings. The second-order valence-electron chi connectivity index (χ2n) is 4.57. The van der Waals surface area contributed by atoms with Crippen molar-refractivity contribution in [2.75, 3.05) is 19.4 Å². The highest BCUT2D eigenvalue weighted by Gasteiger charge is 2.26. The molecular formula is C12H17N3O4S. The lowest BCUT2D eigenvalue weighted by atomic mass is 10.1. The van der Waals surface area contributed by atoms with E-state index in [0.717, 1.165) is 0 Å². The van der Waals surface area contributed by atoms with Gasteiger partial charge in [0, 0.05) is 24.7 Å². The molecule has 110 valence electrons. The molecule has 20 heavy (non-hydrogen) atoms. The molecule has 7 nitrogen and oxygen atoms in total. The number of methoxy groups -OCH3 is 1. The maximum Gasteiger partial charge on any atom is 0.244 e. The molecule has 0 aliphatic carbocycles. The van der Waals surface area contributed by atoms with Crippen LogP contribution in [0.25, 0.3) is 0 Å². The first-order chi connectivity index (χ1) is 9.42. The van der Waals surface area contributed by atoms with Crippen molar-refractivity contribution < 1.29 is 17.9 Å². The lowest BCUT2D eigenvalue weighted by Gasteiger charge is -2.23. The largest absolute Gasteiger partial charge is 0.495 e. The number of nitrogens with two attached hydrogens (primary N) is 1. The van der Waals surface area contributed by atoms with Gasteiger partial charge in [-0.3, -0.25) is 4.79 Å². The minimum absolute atomic E-state index is 0.00287. The Balaban J connectivity index is 2.22. The third kappa shape index (κ3) is 3.20. The topological polar surface area (TPSA) is 111 Å². The van der Waals surface area contributed by atoms with Crippen LogP contribution in [0.4, 0.5) is 5.69 Å². The number of ether oxygens (including phenoxy) is 1. The van der Waals surface area contributed by atoms with E-state index in [4.69, 9.17) is 10.5 Å². The van der Waals surface area contributed by atoms with Crippen molar-refractivity contribution >= 4 is 21.6 Å². The lowest BCUT2D eigenvalue weighted by Crippen LogP contribution is -2.47. The van der Waals surface area contributed by atoms with Gasteiger partial charge >= 0.3 is 0 Å². The number of piperidine rings is 1. The molecule has 1 atom stereocenters. The fourth-order valence-corrected chi connectivity index (χ4v) is 3.49. The number of carbonyl (C=O) groups is 1. The van der Waals surface area contributed by atoms with Crippen molar-refractivity contribution in [1.82, 2.24) is 10.0 Å². The summed E-state index contributed by atoms with van der Waals surface area (Å²) in [6.07, 6.45) is 0.775. The Bertz CT molecular complexity index is 605. The monoisotopic (exact) mass is 299 g/mol. The molecule has 1 aliphatic rings. The van der Waals surface area contributed by atoms with Crippen LogP contribution >= 0.6 is 0 Å². The molecule has 2 rings (SSSR count). The summed E-state index contributed by atoms with van der Waals surface area (Å²) in [5.74, 6) is 0.161. The van der Waals surface area contributed by atoms with Gasteiger partial charge in [-0.15, -0.1) is 0 Å². The zero-order chi connectivity index (χ0) is 14.8. The van der Waals surface area contributed by atoms with Crippen LogP contribution in [0, 0.1) is 0 Å². The van der Waals surface area contributed by atoms with Crippen molar-refractivity contribution in [2.24, 2.45) is 0 Å². The van der Waals surface area contributed by atoms with E-state index in [1.165, 1.54) is 19.2 Å². The van der Waals surface area contributed by atoms with Gasteiger partial charge in [-0.05, 0) is 24.6 Å². The highest BCUT2D eigenvalue weighted by molar-refractivity contribution is 7.89. The number of carbonyl (C=O) groups excluding carboxylic acids is 1. The number of sulfonamides is 1. The van der Waals surface area contributed by atoms with Crippen LogP contribution in [-0.4, -0.2) is 34.0 Å². The first-order valence-electron chi connectivity index (χ1n) is 6.15. The number of hydrogen-bond donors (Lipinski definition) is 3. The van der Waals surface area contributed by atoms with Crippen molar-refractivity contribution in [3.8, 4) is 5.75 Å². The summed E-state index contributed by atoms with van der Waals surface area (Å²) < 4.78 is 32.3. The summed E-state index contributed by atoms with van der Waals surface area (Å²) in [7, 11) is -2.35. The van der Waals surface area contributed by atoms with Gasteiger partial charge in [0.1, 0.15) is 10.6 Å². The second kappa shape index (κ2) is 5.68. The normalized spacial score (nSPS) is 19.4. The van der Waals surface area contributed by atoms with E-state index in [1.54, 1.807) is 6.07 Å². The van der Waals surface area contributed by atoms with Crippen LogP contribution in [0.5, 0.6) is 5.75 Å². The van der Waals surface area contributed by atoms with E-state index in [0.29, 0.717) is 18.5 Å². The van der Waals surface area contributed by atoms with Crippen molar-refractivity contribution in [3.05, 3.63) is 18.2 Å². The molecular weight excluding hydrogens is 282 g/mol. The maximum absolute atomic E-state index is 12.4. The molecule has 1 aliphatic heterocycles. The summed E-state index contributed by atoms with van der Waals surface area (Å²) in [5.41, 5.74) is 5.96. The first-order valence-corrected chi connectivity index (χ1v) is 7.63. The molecule has 0 spiro atoms. The highest BCUT2D eigenvalue weighted by atomic mass is 32.2. The van der Waals surface area contributed by atoms with E-state index in [1.807, 2.05) is 0 Å². The van der Waals surface area contributed by atoms with Crippen LogP contribution in [0.3, 0.4) is 0 Å². The number of rotatable bonds is 4. The average Bonchev–Trinajstić information content (AvgIpc) is 2.41. The van der Waals surface area contributed by atoms with Gasteiger partial charge in [0.25, 0.3) is 0 Å². The van der Waals surface area contributed by atoms with Gasteiger partial charge in [-0.2, -0.15) is 0 Å². The SMILES string of the molecule is COc1ccc(N)cc1S(=O)(=O)NC1CCC(=O)NC1. The van der Waals surface area contributed by atoms with Gasteiger partial charge in [-0.1, -0.05) is 0 Å². The van der Waals surface area contributed by atoms with Gasteiger partial charge in [0.05, 0.1) is 7.11 Å². The molecule has 1 saturated heterocycles. The Kier molecular flexibility index (Phi) is 4.15. The Morgan fingerprint density at radius 1 is 1.45 bits per heavy atom. The molecule has 0 bridgehead atoms. The van der Waals surface area contributed by atoms with Crippen molar-refractivity contribution in [1.29, 1.82) is 0 Å². The van der Waals surface area contributed by atoms with Crippen LogP contribution in [0.2, 0.25) is 0 Å². The first kappa shape index (κ1) is 14.6. The second-order valence-corrected chi connectivity index (χ2v) is 6.25. The fraction of sp³-hybridized carbons (Fsp3) is 0.417. The molecule has 1 aromatic carbocycles. The number of amides is 1. The minimum Gasteiger partial charge on any atom is -0.495 e. The molecule has 4 N–H and O–H groups in total. The zero-order valence-corrected chi connectivity index (χ0v) is 11.9. The Morgan fingerprint density at radius 3 is 2.80 bits per heavy atom. The van der Waals surface area contributed by atoms with E-state index in [9.17, 15) is 13.2 Å². The van der Waals surface area contributed by atoms with Crippen LogP contribution in [-0.2, 0) is 14.8 Å². The predicted molar refractivity (Wildman–Crippen MR) is 73.8 cm³/mol. The van der Waals surface area contributed by atoms with E-state index < -0.39 is 10.0 Å². The minimum atomic E-state index is -3.75. The van der Waals surface area contributed by atoms with Gasteiger partial charge in [0.15, 0.2) is 0 Å². The molecule has 1 amide bonds. The van der Waals surface area contributed by atoms with Gasteiger partial charge in [-0.25, -0.2) is 13.1 Å². The molecule has 1 heterocycles. The standard InChI is InChI=1S/C12H17N3O4S/c1-19-10-4-2-8(13)6-11(10)20(17,18)15-9-3-5-12(16)14-7-9/h2,4,6,9,15H,3,5,7,13H2,1H3,(H,14,16). The highest BCUT2D eigenvalue weighted by Crippen LogP contribution is 2.26. The molecule has 1 unspecified atom stereocenters. The summed E-state index contributed by atoms with van der Waals surface area (Å²) >= 11 is 0. The lowest BCUT2D eigenvalue weighted by molar-refractivity contribution is -0.122. The Hall–Kier alpha value is -1.80.